The van der Waals surface area contributed by atoms with Gasteiger partial charge in [0.25, 0.3) is 5.56 Å². The fourth-order valence-electron chi connectivity index (χ4n) is 3.01. The Balaban J connectivity index is 2.22. The van der Waals surface area contributed by atoms with Crippen molar-refractivity contribution in [1.82, 2.24) is 4.57 Å². The molecule has 3 rings (SSSR count). The number of carbonyl (C=O) groups excluding carboxylic acids is 1. The van der Waals surface area contributed by atoms with E-state index < -0.39 is 12.1 Å². The van der Waals surface area contributed by atoms with Gasteiger partial charge in [-0.05, 0) is 41.0 Å². The molecule has 0 saturated carbocycles. The summed E-state index contributed by atoms with van der Waals surface area (Å²) in [6, 6.07) is 13.2. The Bertz CT molecular complexity index is 1150. The van der Waals surface area contributed by atoms with Crippen molar-refractivity contribution in [3.05, 3.63) is 93.9 Å². The maximum atomic E-state index is 12.1. The fraction of sp³-hybridized carbons (Fsp3) is 0.130. The fourth-order valence-corrected chi connectivity index (χ4v) is 3.14. The van der Waals surface area contributed by atoms with Crippen LogP contribution in [-0.4, -0.2) is 22.8 Å². The molecule has 0 radical (unpaired) electrons. The van der Waals surface area contributed by atoms with Crippen molar-refractivity contribution in [2.24, 2.45) is 7.05 Å². The average molecular weight is 426 g/mol. The minimum absolute atomic E-state index is 0.0673. The van der Waals surface area contributed by atoms with Crippen molar-refractivity contribution >= 4 is 17.6 Å². The lowest BCUT2D eigenvalue weighted by atomic mass is 9.92. The number of aromatic nitrogens is 1. The van der Waals surface area contributed by atoms with Gasteiger partial charge in [0.2, 0.25) is 0 Å². The number of halogens is 1. The average Bonchev–Trinajstić information content (AvgIpc) is 2.75. The first kappa shape index (κ1) is 21.4. The molecule has 0 aliphatic carbocycles. The van der Waals surface area contributed by atoms with Gasteiger partial charge in [-0.2, -0.15) is 0 Å². The van der Waals surface area contributed by atoms with Crippen molar-refractivity contribution in [3.63, 3.8) is 0 Å². The van der Waals surface area contributed by atoms with E-state index in [1.165, 1.54) is 17.7 Å². The molecule has 7 heteroatoms. The van der Waals surface area contributed by atoms with E-state index in [1.54, 1.807) is 55.7 Å². The van der Waals surface area contributed by atoms with Gasteiger partial charge in [0.05, 0.1) is 7.11 Å². The number of aryl methyl sites for hydroxylation is 1. The Kier molecular flexibility index (Phi) is 6.40. The summed E-state index contributed by atoms with van der Waals surface area (Å²) in [5.74, 6) is -0.0910. The number of ether oxygens (including phenoxy) is 2. The topological polar surface area (TPSA) is 77.8 Å². The molecule has 0 spiro atoms. The SMILES string of the molecule is C=CC(=O)Oc1cc(=O)n(C)cc1-c1ccc(OC)cc1C(O)c1ccc(Cl)cc1. The highest BCUT2D eigenvalue weighted by Crippen LogP contribution is 2.38. The number of carbonyl (C=O) groups is 1. The highest BCUT2D eigenvalue weighted by atomic mass is 35.5. The number of esters is 1. The quantitative estimate of drug-likeness (QED) is 0.479. The van der Waals surface area contributed by atoms with Crippen LogP contribution in [0, 0.1) is 0 Å². The molecule has 0 aliphatic heterocycles. The van der Waals surface area contributed by atoms with Crippen molar-refractivity contribution < 1.29 is 19.4 Å². The molecule has 0 bridgehead atoms. The monoisotopic (exact) mass is 425 g/mol. The van der Waals surface area contributed by atoms with Gasteiger partial charge in [0.15, 0.2) is 0 Å². The molecule has 0 aliphatic rings. The van der Waals surface area contributed by atoms with Gasteiger partial charge in [-0.15, -0.1) is 0 Å². The van der Waals surface area contributed by atoms with E-state index in [1.807, 2.05) is 0 Å². The minimum atomic E-state index is -1.02. The summed E-state index contributed by atoms with van der Waals surface area (Å²) >= 11 is 5.96. The van der Waals surface area contributed by atoms with Crippen molar-refractivity contribution in [1.29, 1.82) is 0 Å². The van der Waals surface area contributed by atoms with Crippen LogP contribution in [0.2, 0.25) is 5.02 Å². The number of aliphatic hydroxyl groups excluding tert-OH is 1. The Labute approximate surface area is 178 Å². The zero-order valence-electron chi connectivity index (χ0n) is 16.5. The Morgan fingerprint density at radius 3 is 2.50 bits per heavy atom. The number of hydrogen-bond donors (Lipinski definition) is 1. The molecular weight excluding hydrogens is 406 g/mol. The van der Waals surface area contributed by atoms with Crippen LogP contribution < -0.4 is 15.0 Å². The van der Waals surface area contributed by atoms with Gasteiger partial charge >= 0.3 is 5.97 Å². The first-order valence-corrected chi connectivity index (χ1v) is 9.38. The zero-order valence-corrected chi connectivity index (χ0v) is 17.2. The van der Waals surface area contributed by atoms with Gasteiger partial charge in [0.1, 0.15) is 17.6 Å². The molecule has 0 saturated heterocycles. The van der Waals surface area contributed by atoms with E-state index >= 15 is 0 Å². The molecule has 30 heavy (non-hydrogen) atoms. The van der Waals surface area contributed by atoms with Crippen LogP contribution in [0.4, 0.5) is 0 Å². The molecule has 154 valence electrons. The van der Waals surface area contributed by atoms with Gasteiger partial charge < -0.3 is 19.1 Å². The second-order valence-electron chi connectivity index (χ2n) is 6.53. The standard InChI is InChI=1S/C23H20ClNO5/c1-4-22(27)30-20-12-21(26)25(2)13-19(20)17-10-9-16(29-3)11-18(17)23(28)14-5-7-15(24)8-6-14/h4-13,23,28H,1H2,2-3H3. The molecule has 0 fully saturated rings. The van der Waals surface area contributed by atoms with Crippen molar-refractivity contribution in [2.75, 3.05) is 7.11 Å². The summed E-state index contributed by atoms with van der Waals surface area (Å²) in [4.78, 5) is 23.9. The minimum Gasteiger partial charge on any atom is -0.497 e. The first-order valence-electron chi connectivity index (χ1n) is 9.00. The molecule has 0 amide bonds. The van der Waals surface area contributed by atoms with Gasteiger partial charge in [-0.3, -0.25) is 4.79 Å². The smallest absolute Gasteiger partial charge is 0.335 e. The van der Waals surface area contributed by atoms with Crippen LogP contribution in [0.3, 0.4) is 0 Å². The molecule has 1 heterocycles. The van der Waals surface area contributed by atoms with E-state index in [0.717, 1.165) is 6.08 Å². The number of pyridine rings is 1. The van der Waals surface area contributed by atoms with E-state index in [9.17, 15) is 14.7 Å². The Morgan fingerprint density at radius 2 is 1.87 bits per heavy atom. The van der Waals surface area contributed by atoms with Crippen LogP contribution in [-0.2, 0) is 11.8 Å². The van der Waals surface area contributed by atoms with Crippen LogP contribution in [0.25, 0.3) is 11.1 Å². The summed E-state index contributed by atoms with van der Waals surface area (Å²) in [5, 5.41) is 11.6. The predicted octanol–water partition coefficient (Wildman–Crippen LogP) is 3.89. The van der Waals surface area contributed by atoms with Gasteiger partial charge in [-0.1, -0.05) is 36.4 Å². The van der Waals surface area contributed by atoms with Crippen LogP contribution in [0.1, 0.15) is 17.2 Å². The third-order valence-electron chi connectivity index (χ3n) is 4.60. The molecular formula is C23H20ClNO5. The molecule has 1 aromatic heterocycles. The summed E-state index contributed by atoms with van der Waals surface area (Å²) in [7, 11) is 3.11. The van der Waals surface area contributed by atoms with Crippen LogP contribution >= 0.6 is 11.6 Å². The molecule has 2 aromatic carbocycles. The number of nitrogens with zero attached hydrogens (tertiary/aromatic N) is 1. The molecule has 3 aromatic rings. The lowest BCUT2D eigenvalue weighted by Crippen LogP contribution is -2.17. The molecule has 1 N–H and O–H groups in total. The van der Waals surface area contributed by atoms with E-state index in [-0.39, 0.29) is 11.3 Å². The Hall–Kier alpha value is -3.35. The highest BCUT2D eigenvalue weighted by molar-refractivity contribution is 6.30. The van der Waals surface area contributed by atoms with E-state index in [0.29, 0.717) is 33.0 Å². The van der Waals surface area contributed by atoms with Crippen molar-refractivity contribution in [3.8, 4) is 22.6 Å². The van der Waals surface area contributed by atoms with E-state index in [2.05, 4.69) is 6.58 Å². The Morgan fingerprint density at radius 1 is 1.17 bits per heavy atom. The maximum Gasteiger partial charge on any atom is 0.335 e. The molecule has 6 nitrogen and oxygen atoms in total. The normalized spacial score (nSPS) is 11.6. The number of aliphatic hydroxyl groups is 1. The summed E-state index contributed by atoms with van der Waals surface area (Å²) in [6.45, 7) is 3.39. The van der Waals surface area contributed by atoms with Gasteiger partial charge in [0, 0.05) is 36.0 Å². The third kappa shape index (κ3) is 4.45. The zero-order chi connectivity index (χ0) is 21.8. The number of hydrogen-bond acceptors (Lipinski definition) is 5. The first-order chi connectivity index (χ1) is 14.3. The number of rotatable bonds is 6. The highest BCUT2D eigenvalue weighted by Gasteiger charge is 2.21. The third-order valence-corrected chi connectivity index (χ3v) is 4.85. The second kappa shape index (κ2) is 8.98. The lowest BCUT2D eigenvalue weighted by Gasteiger charge is -2.19. The second-order valence-corrected chi connectivity index (χ2v) is 6.97. The molecule has 1 unspecified atom stereocenters. The summed E-state index contributed by atoms with van der Waals surface area (Å²) < 4.78 is 12.0. The van der Waals surface area contributed by atoms with Crippen LogP contribution in [0.5, 0.6) is 11.5 Å². The lowest BCUT2D eigenvalue weighted by molar-refractivity contribution is -0.128. The van der Waals surface area contributed by atoms with Crippen molar-refractivity contribution in [2.45, 2.75) is 6.10 Å². The molecule has 1 atom stereocenters. The number of benzene rings is 2. The predicted molar refractivity (Wildman–Crippen MR) is 115 cm³/mol. The maximum absolute atomic E-state index is 12.1. The van der Waals surface area contributed by atoms with Gasteiger partial charge in [-0.25, -0.2) is 4.79 Å². The number of methoxy groups -OCH3 is 1. The largest absolute Gasteiger partial charge is 0.497 e. The van der Waals surface area contributed by atoms with E-state index in [4.69, 9.17) is 21.1 Å². The summed E-state index contributed by atoms with van der Waals surface area (Å²) in [5.41, 5.74) is 1.80. The van der Waals surface area contributed by atoms with Crippen LogP contribution in [0.15, 0.2) is 72.2 Å². The summed E-state index contributed by atoms with van der Waals surface area (Å²) in [6.07, 6.45) is 1.54.